The van der Waals surface area contributed by atoms with Crippen molar-refractivity contribution in [1.82, 2.24) is 4.98 Å². The van der Waals surface area contributed by atoms with E-state index in [1.807, 2.05) is 0 Å². The van der Waals surface area contributed by atoms with Crippen LogP contribution in [0.3, 0.4) is 0 Å². The molecule has 7 heteroatoms. The van der Waals surface area contributed by atoms with Crippen molar-refractivity contribution < 1.29 is 18.7 Å². The highest BCUT2D eigenvalue weighted by atomic mass is 35.5. The molecule has 0 radical (unpaired) electrons. The third-order valence-corrected chi connectivity index (χ3v) is 3.84. The lowest BCUT2D eigenvalue weighted by atomic mass is 10.1. The van der Waals surface area contributed by atoms with Gasteiger partial charge < -0.3 is 10.1 Å². The number of nitrogens with one attached hydrogen (secondary N) is 1. The van der Waals surface area contributed by atoms with Crippen LogP contribution < -0.4 is 5.32 Å². The van der Waals surface area contributed by atoms with Crippen molar-refractivity contribution in [3.05, 3.63) is 95.0 Å². The topological polar surface area (TPSA) is 68.3 Å². The Labute approximate surface area is 159 Å². The minimum atomic E-state index is -1.22. The summed E-state index contributed by atoms with van der Waals surface area (Å²) >= 11 is 5.87. The Morgan fingerprint density at radius 1 is 1.04 bits per heavy atom. The van der Waals surface area contributed by atoms with Gasteiger partial charge in [-0.2, -0.15) is 0 Å². The summed E-state index contributed by atoms with van der Waals surface area (Å²) in [5, 5.41) is 2.93. The number of halogens is 2. The summed E-state index contributed by atoms with van der Waals surface area (Å²) in [6, 6.07) is 16.7. The highest BCUT2D eigenvalue weighted by Gasteiger charge is 2.26. The molecule has 5 nitrogen and oxygen atoms in total. The van der Waals surface area contributed by atoms with E-state index in [0.717, 1.165) is 0 Å². The van der Waals surface area contributed by atoms with E-state index in [1.165, 1.54) is 42.6 Å². The number of pyridine rings is 1. The molecular weight excluding hydrogens is 371 g/mol. The number of carbonyl (C=O) groups is 2. The molecule has 0 aliphatic heterocycles. The molecule has 0 spiro atoms. The molecule has 1 atom stereocenters. The van der Waals surface area contributed by atoms with E-state index in [9.17, 15) is 14.0 Å². The third kappa shape index (κ3) is 4.89. The van der Waals surface area contributed by atoms with Crippen molar-refractivity contribution in [2.24, 2.45) is 0 Å². The number of rotatable bonds is 5. The van der Waals surface area contributed by atoms with Gasteiger partial charge in [-0.25, -0.2) is 14.2 Å². The molecule has 0 aliphatic rings. The molecule has 1 amide bonds. The maximum absolute atomic E-state index is 13.0. The number of hydrogen-bond acceptors (Lipinski definition) is 4. The smallest absolute Gasteiger partial charge is 0.358 e. The molecular formula is C20H14ClFN2O3. The Morgan fingerprint density at radius 2 is 1.74 bits per heavy atom. The van der Waals surface area contributed by atoms with Gasteiger partial charge in [-0.15, -0.1) is 0 Å². The molecule has 1 N–H and O–H groups in total. The van der Waals surface area contributed by atoms with Crippen molar-refractivity contribution in [3.8, 4) is 0 Å². The van der Waals surface area contributed by atoms with Gasteiger partial charge in [0, 0.05) is 22.5 Å². The van der Waals surface area contributed by atoms with Crippen molar-refractivity contribution >= 4 is 29.2 Å². The number of esters is 1. The summed E-state index contributed by atoms with van der Waals surface area (Å²) in [6.07, 6.45) is 0.152. The quantitative estimate of drug-likeness (QED) is 0.661. The predicted octanol–water partition coefficient (Wildman–Crippen LogP) is 4.41. The number of nitrogens with zero attached hydrogens (tertiary/aromatic N) is 1. The van der Waals surface area contributed by atoms with Crippen molar-refractivity contribution in [1.29, 1.82) is 0 Å². The van der Waals surface area contributed by atoms with Crippen LogP contribution in [0.5, 0.6) is 0 Å². The predicted molar refractivity (Wildman–Crippen MR) is 98.9 cm³/mol. The number of ether oxygens (including phenoxy) is 1. The molecule has 136 valence electrons. The molecule has 3 aromatic rings. The van der Waals surface area contributed by atoms with Crippen LogP contribution in [0.2, 0.25) is 5.02 Å². The van der Waals surface area contributed by atoms with E-state index in [2.05, 4.69) is 10.3 Å². The van der Waals surface area contributed by atoms with Gasteiger partial charge in [0.2, 0.25) is 6.10 Å². The Balaban J connectivity index is 1.83. The average molecular weight is 385 g/mol. The Hall–Kier alpha value is -3.25. The Bertz CT molecular complexity index is 949. The maximum Gasteiger partial charge on any atom is 0.358 e. The van der Waals surface area contributed by atoms with E-state index >= 15 is 0 Å². The van der Waals surface area contributed by atoms with Crippen molar-refractivity contribution in [3.63, 3.8) is 0 Å². The zero-order valence-electron chi connectivity index (χ0n) is 13.9. The van der Waals surface area contributed by atoms with Crippen LogP contribution in [0.25, 0.3) is 0 Å². The molecule has 0 aliphatic carbocycles. The van der Waals surface area contributed by atoms with Gasteiger partial charge in [0.15, 0.2) is 0 Å². The van der Waals surface area contributed by atoms with Gasteiger partial charge in [-0.1, -0.05) is 41.9 Å². The van der Waals surface area contributed by atoms with Gasteiger partial charge in [-0.05, 0) is 36.4 Å². The fourth-order valence-corrected chi connectivity index (χ4v) is 2.49. The molecule has 0 saturated heterocycles. The summed E-state index contributed by atoms with van der Waals surface area (Å²) in [4.78, 5) is 29.0. The van der Waals surface area contributed by atoms with Crippen LogP contribution in [0.1, 0.15) is 22.2 Å². The van der Waals surface area contributed by atoms with E-state index in [1.54, 1.807) is 30.3 Å². The molecule has 1 heterocycles. The van der Waals surface area contributed by atoms with E-state index in [-0.39, 0.29) is 5.69 Å². The minimum Gasteiger partial charge on any atom is -0.443 e. The number of amides is 1. The summed E-state index contributed by atoms with van der Waals surface area (Å²) in [7, 11) is 0. The van der Waals surface area contributed by atoms with Gasteiger partial charge in [0.05, 0.1) is 0 Å². The summed E-state index contributed by atoms with van der Waals surface area (Å²) in [5.41, 5.74) is 0.838. The first-order valence-corrected chi connectivity index (χ1v) is 8.34. The standard InChI is InChI=1S/C20H14ClFN2O3/c21-14-10-11-23-17(12-14)20(26)27-18(13-4-2-1-3-5-13)19(25)24-16-8-6-15(22)7-9-16/h1-12,18H,(H,24,25)/t18-/m1/s1. The van der Waals surface area contributed by atoms with Crippen LogP contribution in [0.4, 0.5) is 10.1 Å². The van der Waals surface area contributed by atoms with Gasteiger partial charge >= 0.3 is 5.97 Å². The first-order chi connectivity index (χ1) is 13.0. The maximum atomic E-state index is 13.0. The minimum absolute atomic E-state index is 0.0157. The Kier molecular flexibility index (Phi) is 5.78. The second-order valence-electron chi connectivity index (χ2n) is 5.55. The lowest BCUT2D eigenvalue weighted by Crippen LogP contribution is -2.26. The monoisotopic (exact) mass is 384 g/mol. The largest absolute Gasteiger partial charge is 0.443 e. The molecule has 1 aromatic heterocycles. The van der Waals surface area contributed by atoms with Crippen molar-refractivity contribution in [2.75, 3.05) is 5.32 Å². The molecule has 2 aromatic carbocycles. The molecule has 0 saturated carbocycles. The number of anilines is 1. The highest BCUT2D eigenvalue weighted by Crippen LogP contribution is 2.22. The Morgan fingerprint density at radius 3 is 2.41 bits per heavy atom. The van der Waals surface area contributed by atoms with Gasteiger partial charge in [0.1, 0.15) is 11.5 Å². The highest BCUT2D eigenvalue weighted by molar-refractivity contribution is 6.30. The summed E-state index contributed by atoms with van der Waals surface area (Å²) < 4.78 is 18.4. The molecule has 0 fully saturated rings. The molecule has 27 heavy (non-hydrogen) atoms. The van der Waals surface area contributed by atoms with Crippen LogP contribution in [-0.4, -0.2) is 16.9 Å². The van der Waals surface area contributed by atoms with Crippen LogP contribution in [0, 0.1) is 5.82 Å². The first kappa shape index (κ1) is 18.5. The van der Waals surface area contributed by atoms with Gasteiger partial charge in [-0.3, -0.25) is 4.79 Å². The fourth-order valence-electron chi connectivity index (χ4n) is 2.33. The SMILES string of the molecule is O=C(O[C@@H](C(=O)Nc1ccc(F)cc1)c1ccccc1)c1cc(Cl)ccn1. The zero-order chi connectivity index (χ0) is 19.2. The summed E-state index contributed by atoms with van der Waals surface area (Å²) in [5.74, 6) is -1.80. The lowest BCUT2D eigenvalue weighted by Gasteiger charge is -2.18. The number of benzene rings is 2. The average Bonchev–Trinajstić information content (AvgIpc) is 2.68. The lowest BCUT2D eigenvalue weighted by molar-refractivity contribution is -0.125. The second-order valence-corrected chi connectivity index (χ2v) is 5.99. The first-order valence-electron chi connectivity index (χ1n) is 7.97. The third-order valence-electron chi connectivity index (χ3n) is 3.61. The number of hydrogen-bond donors (Lipinski definition) is 1. The normalized spacial score (nSPS) is 11.5. The number of aromatic nitrogens is 1. The van der Waals surface area contributed by atoms with E-state index < -0.39 is 23.8 Å². The fraction of sp³-hybridized carbons (Fsp3) is 0.0500. The van der Waals surface area contributed by atoms with E-state index in [4.69, 9.17) is 16.3 Å². The second kappa shape index (κ2) is 8.42. The summed E-state index contributed by atoms with van der Waals surface area (Å²) in [6.45, 7) is 0. The van der Waals surface area contributed by atoms with Crippen molar-refractivity contribution in [2.45, 2.75) is 6.10 Å². The van der Waals surface area contributed by atoms with Crippen LogP contribution in [0.15, 0.2) is 72.9 Å². The molecule has 3 rings (SSSR count). The number of carbonyl (C=O) groups excluding carboxylic acids is 2. The van der Waals surface area contributed by atoms with Crippen LogP contribution >= 0.6 is 11.6 Å². The molecule has 0 bridgehead atoms. The van der Waals surface area contributed by atoms with Gasteiger partial charge in [0.25, 0.3) is 5.91 Å². The zero-order valence-corrected chi connectivity index (χ0v) is 14.7. The van der Waals surface area contributed by atoms with Crippen LogP contribution in [-0.2, 0) is 9.53 Å². The molecule has 0 unspecified atom stereocenters. The van der Waals surface area contributed by atoms with E-state index in [0.29, 0.717) is 16.3 Å².